The van der Waals surface area contributed by atoms with E-state index >= 15 is 0 Å². The summed E-state index contributed by atoms with van der Waals surface area (Å²) in [5.41, 5.74) is 4.45. The van der Waals surface area contributed by atoms with Crippen LogP contribution in [0.2, 0.25) is 0 Å². The number of alkyl carbamates (subject to hydrolysis) is 1. The fourth-order valence-corrected chi connectivity index (χ4v) is 4.96. The second-order valence-electron chi connectivity index (χ2n) is 9.59. The van der Waals surface area contributed by atoms with Crippen LogP contribution >= 0.6 is 0 Å². The second-order valence-corrected chi connectivity index (χ2v) is 9.59. The van der Waals surface area contributed by atoms with Crippen molar-refractivity contribution in [2.24, 2.45) is 11.3 Å². The van der Waals surface area contributed by atoms with Crippen LogP contribution in [-0.4, -0.2) is 42.8 Å². The Morgan fingerprint density at radius 2 is 1.65 bits per heavy atom. The summed E-state index contributed by atoms with van der Waals surface area (Å²) in [7, 11) is 0. The molecule has 0 heterocycles. The van der Waals surface area contributed by atoms with Gasteiger partial charge in [0.05, 0.1) is 5.92 Å². The van der Waals surface area contributed by atoms with Crippen LogP contribution in [0.15, 0.2) is 48.5 Å². The van der Waals surface area contributed by atoms with Gasteiger partial charge in [0.1, 0.15) is 6.61 Å². The number of aliphatic carboxylic acids is 1. The van der Waals surface area contributed by atoms with Gasteiger partial charge in [0.25, 0.3) is 0 Å². The van der Waals surface area contributed by atoms with Crippen molar-refractivity contribution in [1.29, 1.82) is 0 Å². The number of hydrogen-bond donors (Lipinski definition) is 3. The van der Waals surface area contributed by atoms with Gasteiger partial charge in [-0.05, 0) is 46.9 Å². The second kappa shape index (κ2) is 10.3. The monoisotopic (exact) mass is 464 g/mol. The van der Waals surface area contributed by atoms with Gasteiger partial charge in [-0.15, -0.1) is 0 Å². The number of nitrogens with one attached hydrogen (secondary N) is 2. The summed E-state index contributed by atoms with van der Waals surface area (Å²) < 4.78 is 5.62. The van der Waals surface area contributed by atoms with Crippen LogP contribution < -0.4 is 10.6 Å². The zero-order valence-electron chi connectivity index (χ0n) is 19.5. The Labute approximate surface area is 199 Å². The Balaban J connectivity index is 1.26. The lowest BCUT2D eigenvalue weighted by atomic mass is 9.66. The van der Waals surface area contributed by atoms with Crippen molar-refractivity contribution in [1.82, 2.24) is 10.6 Å². The van der Waals surface area contributed by atoms with Gasteiger partial charge in [0.2, 0.25) is 5.91 Å². The van der Waals surface area contributed by atoms with Crippen LogP contribution in [0.1, 0.15) is 56.1 Å². The molecule has 1 atom stereocenters. The third kappa shape index (κ3) is 5.24. The fraction of sp³-hybridized carbons (Fsp3) is 0.444. The minimum absolute atomic E-state index is 0.00906. The van der Waals surface area contributed by atoms with Crippen LogP contribution in [0, 0.1) is 11.3 Å². The van der Waals surface area contributed by atoms with Crippen molar-refractivity contribution >= 4 is 18.0 Å². The standard InChI is InChI=1S/C27H32N2O5/c1-18(25(31)32)11-14-28-24(30)15-27(12-6-13-27)17-29-26(33)34-16-23-21-9-4-2-7-19(21)20-8-3-5-10-22(20)23/h2-5,7-10,18,23H,6,11-17H2,1H3,(H,28,30)(H,29,33)(H,31,32). The maximum Gasteiger partial charge on any atom is 0.407 e. The van der Waals surface area contributed by atoms with Gasteiger partial charge >= 0.3 is 12.1 Å². The van der Waals surface area contributed by atoms with E-state index in [0.29, 0.717) is 25.9 Å². The van der Waals surface area contributed by atoms with E-state index in [1.807, 2.05) is 24.3 Å². The van der Waals surface area contributed by atoms with E-state index in [1.54, 1.807) is 6.92 Å². The van der Waals surface area contributed by atoms with Crippen LogP contribution in [0.3, 0.4) is 0 Å². The molecule has 7 heteroatoms. The van der Waals surface area contributed by atoms with E-state index in [0.717, 1.165) is 19.3 Å². The highest BCUT2D eigenvalue weighted by atomic mass is 16.5. The molecule has 7 nitrogen and oxygen atoms in total. The lowest BCUT2D eigenvalue weighted by Gasteiger charge is -2.41. The zero-order valence-corrected chi connectivity index (χ0v) is 19.5. The summed E-state index contributed by atoms with van der Waals surface area (Å²) in [5.74, 6) is -1.45. The van der Waals surface area contributed by atoms with E-state index in [-0.39, 0.29) is 23.8 Å². The summed E-state index contributed by atoms with van der Waals surface area (Å²) in [4.78, 5) is 35.8. The highest BCUT2D eigenvalue weighted by Crippen LogP contribution is 2.45. The first-order chi connectivity index (χ1) is 16.4. The van der Waals surface area contributed by atoms with Crippen molar-refractivity contribution in [3.8, 4) is 11.1 Å². The lowest BCUT2D eigenvalue weighted by molar-refractivity contribution is -0.141. The molecule has 34 heavy (non-hydrogen) atoms. The molecule has 2 aliphatic rings. The maximum atomic E-state index is 12.5. The Bertz CT molecular complexity index is 1020. The summed E-state index contributed by atoms with van der Waals surface area (Å²) in [6.07, 6.45) is 3.01. The summed E-state index contributed by atoms with van der Waals surface area (Å²) in [5, 5.41) is 14.6. The molecule has 0 saturated heterocycles. The number of carbonyl (C=O) groups excluding carboxylic acids is 2. The van der Waals surface area contributed by atoms with E-state index < -0.39 is 18.0 Å². The Morgan fingerprint density at radius 1 is 1.03 bits per heavy atom. The molecule has 0 spiro atoms. The molecule has 2 aromatic carbocycles. The van der Waals surface area contributed by atoms with E-state index in [1.165, 1.54) is 22.3 Å². The average Bonchev–Trinajstić information content (AvgIpc) is 3.13. The number of amides is 2. The number of carbonyl (C=O) groups is 3. The molecule has 4 rings (SSSR count). The van der Waals surface area contributed by atoms with E-state index in [2.05, 4.69) is 34.9 Å². The first kappa shape index (κ1) is 23.8. The van der Waals surface area contributed by atoms with Crippen LogP contribution in [0.4, 0.5) is 4.79 Å². The van der Waals surface area contributed by atoms with Gasteiger partial charge in [-0.25, -0.2) is 4.79 Å². The number of benzene rings is 2. The molecule has 0 bridgehead atoms. The summed E-state index contributed by atoms with van der Waals surface area (Å²) in [6.45, 7) is 2.61. The van der Waals surface area contributed by atoms with Gasteiger partial charge < -0.3 is 20.5 Å². The number of rotatable bonds is 10. The highest BCUT2D eigenvalue weighted by Gasteiger charge is 2.39. The molecule has 0 aromatic heterocycles. The zero-order chi connectivity index (χ0) is 24.1. The predicted molar refractivity (Wildman–Crippen MR) is 128 cm³/mol. The van der Waals surface area contributed by atoms with Crippen molar-refractivity contribution in [3.05, 3.63) is 59.7 Å². The summed E-state index contributed by atoms with van der Waals surface area (Å²) >= 11 is 0. The molecule has 1 fully saturated rings. The molecule has 2 amide bonds. The molecular weight excluding hydrogens is 432 g/mol. The van der Waals surface area contributed by atoms with E-state index in [4.69, 9.17) is 9.84 Å². The van der Waals surface area contributed by atoms with Gasteiger partial charge in [-0.3, -0.25) is 9.59 Å². The van der Waals surface area contributed by atoms with Crippen LogP contribution in [0.25, 0.3) is 11.1 Å². The number of carboxylic acid groups (broad SMARTS) is 1. The smallest absolute Gasteiger partial charge is 0.407 e. The molecule has 180 valence electrons. The fourth-order valence-electron chi connectivity index (χ4n) is 4.96. The van der Waals surface area contributed by atoms with Crippen molar-refractivity contribution in [3.63, 3.8) is 0 Å². The molecule has 0 radical (unpaired) electrons. The number of fused-ring (bicyclic) bond motifs is 3. The van der Waals surface area contributed by atoms with Gasteiger partial charge in [-0.2, -0.15) is 0 Å². The molecule has 1 saturated carbocycles. The largest absolute Gasteiger partial charge is 0.481 e. The number of ether oxygens (including phenoxy) is 1. The Morgan fingerprint density at radius 3 is 2.21 bits per heavy atom. The van der Waals surface area contributed by atoms with Crippen molar-refractivity contribution < 1.29 is 24.2 Å². The maximum absolute atomic E-state index is 12.5. The van der Waals surface area contributed by atoms with Gasteiger partial charge in [0.15, 0.2) is 0 Å². The quantitative estimate of drug-likeness (QED) is 0.486. The summed E-state index contributed by atoms with van der Waals surface area (Å²) in [6, 6.07) is 16.4. The molecule has 1 unspecified atom stereocenters. The normalized spacial score (nSPS) is 16.5. The number of carboxylic acids is 1. The highest BCUT2D eigenvalue weighted by molar-refractivity contribution is 5.79. The first-order valence-corrected chi connectivity index (χ1v) is 12.0. The SMILES string of the molecule is CC(CCNC(=O)CC1(CNC(=O)OCC2c3ccccc3-c3ccccc32)CCC1)C(=O)O. The molecule has 3 N–H and O–H groups in total. The lowest BCUT2D eigenvalue weighted by Crippen LogP contribution is -2.45. The van der Waals surface area contributed by atoms with Crippen LogP contribution in [-0.2, 0) is 14.3 Å². The molecular formula is C27H32N2O5. The third-order valence-corrected chi connectivity index (χ3v) is 7.22. The number of hydrogen-bond acceptors (Lipinski definition) is 4. The Hall–Kier alpha value is -3.35. The molecule has 2 aromatic rings. The van der Waals surface area contributed by atoms with Gasteiger partial charge in [0, 0.05) is 25.4 Å². The van der Waals surface area contributed by atoms with E-state index in [9.17, 15) is 14.4 Å². The van der Waals surface area contributed by atoms with Crippen molar-refractivity contribution in [2.75, 3.05) is 19.7 Å². The average molecular weight is 465 g/mol. The minimum atomic E-state index is -0.864. The predicted octanol–water partition coefficient (Wildman–Crippen LogP) is 4.31. The Kier molecular flexibility index (Phi) is 7.20. The molecule has 0 aliphatic heterocycles. The topological polar surface area (TPSA) is 105 Å². The third-order valence-electron chi connectivity index (χ3n) is 7.22. The van der Waals surface area contributed by atoms with Gasteiger partial charge in [-0.1, -0.05) is 61.9 Å². The molecule has 2 aliphatic carbocycles. The minimum Gasteiger partial charge on any atom is -0.481 e. The van der Waals surface area contributed by atoms with Crippen molar-refractivity contribution in [2.45, 2.75) is 44.9 Å². The van der Waals surface area contributed by atoms with Crippen LogP contribution in [0.5, 0.6) is 0 Å². The first-order valence-electron chi connectivity index (χ1n) is 12.0.